The second-order valence-electron chi connectivity index (χ2n) is 10.5. The number of ether oxygens (including phenoxy) is 1. The first-order valence-corrected chi connectivity index (χ1v) is 10.7. The van der Waals surface area contributed by atoms with Crippen LogP contribution >= 0.6 is 0 Å². The third kappa shape index (κ3) is 2.35. The number of hydrogen-bond acceptors (Lipinski definition) is 1. The van der Waals surface area contributed by atoms with Crippen LogP contribution in [0.25, 0.3) is 0 Å². The summed E-state index contributed by atoms with van der Waals surface area (Å²) in [6.45, 7) is 5.32. The lowest BCUT2D eigenvalue weighted by atomic mass is 9.45. The molecular weight excluding hydrogens is 280 g/mol. The Kier molecular flexibility index (Phi) is 3.46. The highest BCUT2D eigenvalue weighted by Crippen LogP contribution is 2.66. The Labute approximate surface area is 142 Å². The van der Waals surface area contributed by atoms with Crippen LogP contribution in [0, 0.1) is 34.5 Å². The summed E-state index contributed by atoms with van der Waals surface area (Å²) in [5, 5.41) is 0. The topological polar surface area (TPSA) is 9.23 Å². The fourth-order valence-electron chi connectivity index (χ4n) is 7.89. The van der Waals surface area contributed by atoms with Crippen molar-refractivity contribution >= 4 is 0 Å². The monoisotopic (exact) mass is 316 g/mol. The van der Waals surface area contributed by atoms with Crippen LogP contribution in [0.3, 0.4) is 0 Å². The lowest BCUT2D eigenvalue weighted by Gasteiger charge is -2.60. The van der Waals surface area contributed by atoms with Crippen molar-refractivity contribution in [2.24, 2.45) is 34.5 Å². The van der Waals surface area contributed by atoms with Crippen LogP contribution in [0.15, 0.2) is 0 Å². The van der Waals surface area contributed by atoms with Crippen molar-refractivity contribution in [2.75, 3.05) is 0 Å². The quantitative estimate of drug-likeness (QED) is 0.610. The molecule has 0 aromatic rings. The van der Waals surface area contributed by atoms with E-state index in [0.717, 1.165) is 23.7 Å². The molecule has 5 saturated carbocycles. The van der Waals surface area contributed by atoms with Crippen LogP contribution in [0.5, 0.6) is 0 Å². The molecular formula is C22H36O. The molecule has 0 bridgehead atoms. The first-order chi connectivity index (χ1) is 11.1. The van der Waals surface area contributed by atoms with E-state index in [4.69, 9.17) is 4.74 Å². The van der Waals surface area contributed by atoms with Crippen molar-refractivity contribution in [3.63, 3.8) is 0 Å². The van der Waals surface area contributed by atoms with Crippen LogP contribution < -0.4 is 0 Å². The summed E-state index contributed by atoms with van der Waals surface area (Å²) >= 11 is 0. The van der Waals surface area contributed by atoms with Gasteiger partial charge in [0, 0.05) is 0 Å². The zero-order chi connectivity index (χ0) is 15.7. The van der Waals surface area contributed by atoms with Gasteiger partial charge in [-0.25, -0.2) is 0 Å². The Morgan fingerprint density at radius 3 is 2.35 bits per heavy atom. The minimum Gasteiger partial charge on any atom is -0.375 e. The average Bonchev–Trinajstić information content (AvgIpc) is 3.23. The van der Waals surface area contributed by atoms with Crippen molar-refractivity contribution in [1.29, 1.82) is 0 Å². The van der Waals surface area contributed by atoms with Gasteiger partial charge < -0.3 is 4.74 Å². The van der Waals surface area contributed by atoms with E-state index in [1.807, 2.05) is 0 Å². The minimum absolute atomic E-state index is 0.597. The molecule has 0 spiro atoms. The van der Waals surface area contributed by atoms with Crippen molar-refractivity contribution in [3.8, 4) is 0 Å². The Morgan fingerprint density at radius 1 is 0.739 bits per heavy atom. The smallest absolute Gasteiger partial charge is 0.0584 e. The zero-order valence-electron chi connectivity index (χ0n) is 15.4. The molecule has 5 fully saturated rings. The molecule has 0 aromatic heterocycles. The molecule has 130 valence electrons. The second kappa shape index (κ2) is 5.23. The Bertz CT molecular complexity index is 469. The number of hydrogen-bond donors (Lipinski definition) is 0. The Hall–Kier alpha value is -0.0400. The van der Waals surface area contributed by atoms with E-state index in [2.05, 4.69) is 13.8 Å². The third-order valence-corrected chi connectivity index (χ3v) is 9.26. The molecule has 5 rings (SSSR count). The van der Waals surface area contributed by atoms with Crippen molar-refractivity contribution in [1.82, 2.24) is 0 Å². The molecule has 0 amide bonds. The van der Waals surface area contributed by atoms with Crippen LogP contribution in [0.4, 0.5) is 0 Å². The highest BCUT2D eigenvalue weighted by Gasteiger charge is 2.58. The predicted molar refractivity (Wildman–Crippen MR) is 94.2 cm³/mol. The largest absolute Gasteiger partial charge is 0.375 e. The van der Waals surface area contributed by atoms with E-state index in [9.17, 15) is 0 Å². The summed E-state index contributed by atoms with van der Waals surface area (Å²) < 4.78 is 6.40. The average molecular weight is 317 g/mol. The number of fused-ring (bicyclic) bond motifs is 5. The van der Waals surface area contributed by atoms with E-state index in [-0.39, 0.29) is 0 Å². The van der Waals surface area contributed by atoms with E-state index in [1.165, 1.54) is 64.2 Å². The maximum Gasteiger partial charge on any atom is 0.0584 e. The Balaban J connectivity index is 1.39. The highest BCUT2D eigenvalue weighted by molar-refractivity contribution is 5.07. The second-order valence-corrected chi connectivity index (χ2v) is 10.5. The van der Waals surface area contributed by atoms with Crippen LogP contribution in [-0.2, 0) is 4.74 Å². The lowest BCUT2D eigenvalue weighted by molar-refractivity contribution is -0.137. The normalized spacial score (nSPS) is 55.8. The molecule has 5 aliphatic carbocycles. The Morgan fingerprint density at radius 2 is 1.52 bits per heavy atom. The van der Waals surface area contributed by atoms with Gasteiger partial charge in [0.2, 0.25) is 0 Å². The SMILES string of the molecule is CC12CCCC1C1CCC3CCC(OC4CC4)CC3(C)C1CC2. The first kappa shape index (κ1) is 15.2. The highest BCUT2D eigenvalue weighted by atomic mass is 16.5. The predicted octanol–water partition coefficient (Wildman–Crippen LogP) is 5.97. The first-order valence-electron chi connectivity index (χ1n) is 10.7. The molecule has 1 heteroatoms. The molecule has 5 aliphatic rings. The van der Waals surface area contributed by atoms with Gasteiger partial charge in [-0.1, -0.05) is 20.3 Å². The third-order valence-electron chi connectivity index (χ3n) is 9.26. The maximum absolute atomic E-state index is 6.40. The molecule has 0 saturated heterocycles. The van der Waals surface area contributed by atoms with E-state index >= 15 is 0 Å². The molecule has 0 aromatic carbocycles. The lowest BCUT2D eigenvalue weighted by Crippen LogP contribution is -2.53. The minimum atomic E-state index is 0.597. The van der Waals surface area contributed by atoms with Gasteiger partial charge in [0.05, 0.1) is 12.2 Å². The molecule has 0 aliphatic heterocycles. The fraction of sp³-hybridized carbons (Fsp3) is 1.00. The van der Waals surface area contributed by atoms with E-state index < -0.39 is 0 Å². The molecule has 23 heavy (non-hydrogen) atoms. The fourth-order valence-corrected chi connectivity index (χ4v) is 7.89. The maximum atomic E-state index is 6.40. The summed E-state index contributed by atoms with van der Waals surface area (Å²) in [4.78, 5) is 0. The van der Waals surface area contributed by atoms with Gasteiger partial charge in [0.25, 0.3) is 0 Å². The number of rotatable bonds is 2. The van der Waals surface area contributed by atoms with Crippen molar-refractivity contribution in [3.05, 3.63) is 0 Å². The van der Waals surface area contributed by atoms with Gasteiger partial charge in [-0.15, -0.1) is 0 Å². The van der Waals surface area contributed by atoms with Crippen LogP contribution in [0.1, 0.15) is 90.9 Å². The van der Waals surface area contributed by atoms with Gasteiger partial charge in [0.1, 0.15) is 0 Å². The van der Waals surface area contributed by atoms with Crippen molar-refractivity contribution in [2.45, 2.75) is 103 Å². The van der Waals surface area contributed by atoms with E-state index in [0.29, 0.717) is 23.0 Å². The zero-order valence-corrected chi connectivity index (χ0v) is 15.4. The summed E-state index contributed by atoms with van der Waals surface area (Å²) in [5.41, 5.74) is 1.31. The van der Waals surface area contributed by atoms with Gasteiger partial charge in [-0.05, 0) is 105 Å². The van der Waals surface area contributed by atoms with Gasteiger partial charge in [-0.2, -0.15) is 0 Å². The summed E-state index contributed by atoms with van der Waals surface area (Å²) in [6, 6.07) is 0. The van der Waals surface area contributed by atoms with Crippen LogP contribution in [0.2, 0.25) is 0 Å². The van der Waals surface area contributed by atoms with Gasteiger partial charge in [0.15, 0.2) is 0 Å². The summed E-state index contributed by atoms with van der Waals surface area (Å²) in [5.74, 6) is 4.14. The molecule has 7 unspecified atom stereocenters. The molecule has 0 heterocycles. The summed E-state index contributed by atoms with van der Waals surface area (Å²) in [7, 11) is 0. The molecule has 0 radical (unpaired) electrons. The standard InChI is InChI=1S/C22H36O/c1-21-12-3-4-19(21)18-10-6-15-5-7-17(23-16-8-9-16)14-22(15,2)20(18)11-13-21/h15-20H,3-14H2,1-2H3. The van der Waals surface area contributed by atoms with Gasteiger partial charge in [-0.3, -0.25) is 0 Å². The van der Waals surface area contributed by atoms with Crippen molar-refractivity contribution < 1.29 is 4.74 Å². The van der Waals surface area contributed by atoms with E-state index in [1.54, 1.807) is 12.8 Å². The summed E-state index contributed by atoms with van der Waals surface area (Å²) in [6.07, 6.45) is 18.8. The van der Waals surface area contributed by atoms with Gasteiger partial charge >= 0.3 is 0 Å². The molecule has 0 N–H and O–H groups in total. The van der Waals surface area contributed by atoms with Crippen LogP contribution in [-0.4, -0.2) is 12.2 Å². The molecule has 7 atom stereocenters. The molecule has 1 nitrogen and oxygen atoms in total.